The molecule has 2 aliphatic rings. The summed E-state index contributed by atoms with van der Waals surface area (Å²) < 4.78 is 0. The van der Waals surface area contributed by atoms with Gasteiger partial charge in [-0.05, 0) is 38.6 Å². The third kappa shape index (κ3) is 3.09. The van der Waals surface area contributed by atoms with Gasteiger partial charge in [0.15, 0.2) is 0 Å². The molecule has 1 aliphatic carbocycles. The summed E-state index contributed by atoms with van der Waals surface area (Å²) in [5, 5.41) is 0. The maximum absolute atomic E-state index is 11.5. The van der Waals surface area contributed by atoms with Crippen LogP contribution in [0.4, 0.5) is 0 Å². The molecule has 98 valence electrons. The first-order valence-corrected chi connectivity index (χ1v) is 7.50. The minimum atomic E-state index is 0.0117. The Morgan fingerprint density at radius 3 is 2.59 bits per heavy atom. The first kappa shape index (κ1) is 13.1. The lowest BCUT2D eigenvalue weighted by Crippen LogP contribution is -2.43. The molecule has 2 fully saturated rings. The van der Waals surface area contributed by atoms with Crippen molar-refractivity contribution in [2.75, 3.05) is 13.1 Å². The Morgan fingerprint density at radius 1 is 1.18 bits per heavy atom. The van der Waals surface area contributed by atoms with Gasteiger partial charge in [-0.25, -0.2) is 0 Å². The van der Waals surface area contributed by atoms with Crippen molar-refractivity contribution >= 4 is 6.29 Å². The number of hydrogen-bond donors (Lipinski definition) is 0. The third-order valence-electron chi connectivity index (χ3n) is 4.84. The second-order valence-electron chi connectivity index (χ2n) is 6.07. The van der Waals surface area contributed by atoms with Gasteiger partial charge in [-0.3, -0.25) is 4.90 Å². The Bertz CT molecular complexity index is 245. The van der Waals surface area contributed by atoms with E-state index in [1.54, 1.807) is 0 Å². The van der Waals surface area contributed by atoms with Crippen molar-refractivity contribution in [2.45, 2.75) is 70.8 Å². The minimum absolute atomic E-state index is 0.0117. The third-order valence-corrected chi connectivity index (χ3v) is 4.84. The fourth-order valence-electron chi connectivity index (χ4n) is 3.70. The molecule has 0 aromatic rings. The van der Waals surface area contributed by atoms with Crippen LogP contribution in [0.2, 0.25) is 0 Å². The number of rotatable bonds is 4. The van der Waals surface area contributed by atoms with Crippen LogP contribution in [0.5, 0.6) is 0 Å². The smallest absolute Gasteiger partial charge is 0.127 e. The molecule has 0 radical (unpaired) electrons. The van der Waals surface area contributed by atoms with E-state index in [1.165, 1.54) is 57.8 Å². The molecule has 0 amide bonds. The highest BCUT2D eigenvalue weighted by Crippen LogP contribution is 2.38. The molecule has 17 heavy (non-hydrogen) atoms. The standard InChI is InChI=1S/C15H27NO/c1-2-14-8-4-3-7-11-16(14)12-15(13-17)9-5-6-10-15/h13-14H,2-12H2,1H3. The average molecular weight is 237 g/mol. The molecule has 1 saturated carbocycles. The number of hydrogen-bond acceptors (Lipinski definition) is 2. The molecular weight excluding hydrogens is 210 g/mol. The van der Waals surface area contributed by atoms with E-state index in [0.717, 1.165) is 25.4 Å². The van der Waals surface area contributed by atoms with Gasteiger partial charge in [-0.15, -0.1) is 0 Å². The number of likely N-dealkylation sites (tertiary alicyclic amines) is 1. The molecule has 1 unspecified atom stereocenters. The fraction of sp³-hybridized carbons (Fsp3) is 0.933. The Kier molecular flexibility index (Phi) is 4.61. The molecule has 1 saturated heterocycles. The van der Waals surface area contributed by atoms with E-state index in [9.17, 15) is 4.79 Å². The van der Waals surface area contributed by atoms with E-state index in [1.807, 2.05) is 0 Å². The molecule has 1 aliphatic heterocycles. The van der Waals surface area contributed by atoms with E-state index in [-0.39, 0.29) is 5.41 Å². The highest BCUT2D eigenvalue weighted by molar-refractivity contribution is 5.60. The molecule has 0 N–H and O–H groups in total. The van der Waals surface area contributed by atoms with E-state index in [0.29, 0.717) is 0 Å². The van der Waals surface area contributed by atoms with Crippen LogP contribution >= 0.6 is 0 Å². The minimum Gasteiger partial charge on any atom is -0.303 e. The van der Waals surface area contributed by atoms with Gasteiger partial charge in [0.2, 0.25) is 0 Å². The molecule has 0 aromatic heterocycles. The van der Waals surface area contributed by atoms with Crippen LogP contribution in [-0.4, -0.2) is 30.3 Å². The van der Waals surface area contributed by atoms with E-state index in [4.69, 9.17) is 0 Å². The molecular formula is C15H27NO. The zero-order valence-corrected chi connectivity index (χ0v) is 11.3. The highest BCUT2D eigenvalue weighted by atomic mass is 16.1. The maximum atomic E-state index is 11.5. The fourth-order valence-corrected chi connectivity index (χ4v) is 3.70. The number of carbonyl (C=O) groups excluding carboxylic acids is 1. The summed E-state index contributed by atoms with van der Waals surface area (Å²) in [4.78, 5) is 14.1. The summed E-state index contributed by atoms with van der Waals surface area (Å²) in [6, 6.07) is 0.731. The zero-order chi connectivity index (χ0) is 12.1. The van der Waals surface area contributed by atoms with Crippen molar-refractivity contribution in [2.24, 2.45) is 5.41 Å². The van der Waals surface area contributed by atoms with Gasteiger partial charge in [0.25, 0.3) is 0 Å². The van der Waals surface area contributed by atoms with Gasteiger partial charge in [0.1, 0.15) is 6.29 Å². The monoisotopic (exact) mass is 237 g/mol. The lowest BCUT2D eigenvalue weighted by molar-refractivity contribution is -0.117. The van der Waals surface area contributed by atoms with Crippen LogP contribution in [0.15, 0.2) is 0 Å². The number of nitrogens with zero attached hydrogens (tertiary/aromatic N) is 1. The van der Waals surface area contributed by atoms with Gasteiger partial charge in [-0.1, -0.05) is 32.6 Å². The van der Waals surface area contributed by atoms with Crippen molar-refractivity contribution in [3.8, 4) is 0 Å². The number of carbonyl (C=O) groups is 1. The molecule has 1 atom stereocenters. The molecule has 2 heteroatoms. The van der Waals surface area contributed by atoms with Crippen LogP contribution < -0.4 is 0 Å². The molecule has 0 aromatic carbocycles. The molecule has 1 heterocycles. The predicted molar refractivity (Wildman–Crippen MR) is 71.1 cm³/mol. The van der Waals surface area contributed by atoms with Crippen LogP contribution in [0.25, 0.3) is 0 Å². The summed E-state index contributed by atoms with van der Waals surface area (Å²) in [6.07, 6.45) is 12.7. The first-order valence-electron chi connectivity index (χ1n) is 7.50. The van der Waals surface area contributed by atoms with Crippen molar-refractivity contribution in [3.05, 3.63) is 0 Å². The van der Waals surface area contributed by atoms with Crippen LogP contribution in [0.3, 0.4) is 0 Å². The Morgan fingerprint density at radius 2 is 1.94 bits per heavy atom. The van der Waals surface area contributed by atoms with Crippen LogP contribution in [-0.2, 0) is 4.79 Å². The van der Waals surface area contributed by atoms with Crippen molar-refractivity contribution in [1.82, 2.24) is 4.90 Å². The normalized spacial score (nSPS) is 30.1. The second-order valence-corrected chi connectivity index (χ2v) is 6.07. The molecule has 0 spiro atoms. The average Bonchev–Trinajstić information content (AvgIpc) is 2.70. The SMILES string of the molecule is CCC1CCCCCN1CC1(C=O)CCCC1. The predicted octanol–water partition coefficient (Wildman–Crippen LogP) is 3.40. The first-order chi connectivity index (χ1) is 8.29. The lowest BCUT2D eigenvalue weighted by Gasteiger charge is -2.35. The molecule has 0 bridgehead atoms. The Labute approximate surface area is 106 Å². The second kappa shape index (κ2) is 5.99. The van der Waals surface area contributed by atoms with Crippen LogP contribution in [0.1, 0.15) is 64.7 Å². The van der Waals surface area contributed by atoms with Crippen molar-refractivity contribution < 1.29 is 4.79 Å². The lowest BCUT2D eigenvalue weighted by atomic mass is 9.86. The highest BCUT2D eigenvalue weighted by Gasteiger charge is 2.36. The van der Waals surface area contributed by atoms with Crippen LogP contribution in [0, 0.1) is 5.41 Å². The largest absolute Gasteiger partial charge is 0.303 e. The molecule has 2 rings (SSSR count). The van der Waals surface area contributed by atoms with E-state index >= 15 is 0 Å². The Balaban J connectivity index is 2.00. The molecule has 2 nitrogen and oxygen atoms in total. The van der Waals surface area contributed by atoms with Gasteiger partial charge in [0.05, 0.1) is 0 Å². The van der Waals surface area contributed by atoms with Crippen molar-refractivity contribution in [1.29, 1.82) is 0 Å². The van der Waals surface area contributed by atoms with Crippen molar-refractivity contribution in [3.63, 3.8) is 0 Å². The van der Waals surface area contributed by atoms with Gasteiger partial charge < -0.3 is 4.79 Å². The summed E-state index contributed by atoms with van der Waals surface area (Å²) in [7, 11) is 0. The number of aldehydes is 1. The quantitative estimate of drug-likeness (QED) is 0.698. The summed E-state index contributed by atoms with van der Waals surface area (Å²) >= 11 is 0. The van der Waals surface area contributed by atoms with Gasteiger partial charge in [-0.2, -0.15) is 0 Å². The van der Waals surface area contributed by atoms with E-state index in [2.05, 4.69) is 11.8 Å². The van der Waals surface area contributed by atoms with E-state index < -0.39 is 0 Å². The zero-order valence-electron chi connectivity index (χ0n) is 11.3. The van der Waals surface area contributed by atoms with Gasteiger partial charge in [0, 0.05) is 18.0 Å². The summed E-state index contributed by atoms with van der Waals surface area (Å²) in [6.45, 7) is 4.55. The van der Waals surface area contributed by atoms with Gasteiger partial charge >= 0.3 is 0 Å². The Hall–Kier alpha value is -0.370. The summed E-state index contributed by atoms with van der Waals surface area (Å²) in [5.74, 6) is 0. The maximum Gasteiger partial charge on any atom is 0.127 e. The summed E-state index contributed by atoms with van der Waals surface area (Å²) in [5.41, 5.74) is 0.0117. The topological polar surface area (TPSA) is 20.3 Å².